The van der Waals surface area contributed by atoms with Crippen LogP contribution in [-0.4, -0.2) is 18.4 Å². The first-order valence-electron chi connectivity index (χ1n) is 1.57. The molecule has 0 spiro atoms. The quantitative estimate of drug-likeness (QED) is 0.494. The van der Waals surface area contributed by atoms with Crippen LogP contribution in [-0.2, 0) is 0 Å². The minimum absolute atomic E-state index is 0.493. The summed E-state index contributed by atoms with van der Waals surface area (Å²) in [7, 11) is -2.17. The minimum Gasteiger partial charge on any atom is -0.195 e. The van der Waals surface area contributed by atoms with Crippen molar-refractivity contribution in [3.8, 4) is 0 Å². The van der Waals surface area contributed by atoms with Crippen LogP contribution < -0.4 is 0 Å². The maximum absolute atomic E-state index is 11.4. The molecule has 0 heterocycles. The highest BCUT2D eigenvalue weighted by molar-refractivity contribution is 8.10. The molecule has 0 aromatic carbocycles. The zero-order valence-electron chi connectivity index (χ0n) is 4.06. The van der Waals surface area contributed by atoms with E-state index in [0.717, 1.165) is 14.1 Å². The summed E-state index contributed by atoms with van der Waals surface area (Å²) in [5.74, 6) is 0. The second-order valence-electron chi connectivity index (χ2n) is 1.23. The van der Waals surface area contributed by atoms with E-state index in [1.807, 2.05) is 0 Å². The molecule has 0 aliphatic heterocycles. The molecule has 0 rings (SSSR count). The monoisotopic (exact) mass is 128 g/mol. The molecule has 7 heavy (non-hydrogen) atoms. The molecule has 0 radical (unpaired) electrons. The molecule has 0 N–H and O–H groups in total. The first-order valence-corrected chi connectivity index (χ1v) is 2.92. The maximum Gasteiger partial charge on any atom is 0.302 e. The topological polar surface area (TPSA) is 27.0 Å². The van der Waals surface area contributed by atoms with Gasteiger partial charge >= 0.3 is 10.6 Å². The third-order valence-corrected chi connectivity index (χ3v) is 1.32. The molecule has 0 unspecified atom stereocenters. The van der Waals surface area contributed by atoms with Crippen molar-refractivity contribution in [1.29, 1.82) is 4.61 Å². The summed E-state index contributed by atoms with van der Waals surface area (Å²) in [4.78, 5) is 0. The third kappa shape index (κ3) is 2.56. The molecule has 0 fully saturated rings. The van der Waals surface area contributed by atoms with Gasteiger partial charge in [0.1, 0.15) is 0 Å². The molecular formula is C2H6F2N2S. The molecule has 0 atom stereocenters. The van der Waals surface area contributed by atoms with Crippen molar-refractivity contribution in [2.24, 2.45) is 0 Å². The molecule has 0 amide bonds. The van der Waals surface area contributed by atoms with Crippen LogP contribution >= 0.6 is 10.6 Å². The van der Waals surface area contributed by atoms with Crippen LogP contribution in [0.15, 0.2) is 0 Å². The molecule has 0 saturated carbocycles. The van der Waals surface area contributed by atoms with E-state index in [1.54, 1.807) is 0 Å². The first-order chi connectivity index (χ1) is 2.94. The molecular weight excluding hydrogens is 122 g/mol. The van der Waals surface area contributed by atoms with Crippen LogP contribution in [0, 0.1) is 4.61 Å². The van der Waals surface area contributed by atoms with Crippen molar-refractivity contribution in [2.45, 2.75) is 0 Å². The highest BCUT2D eigenvalue weighted by Crippen LogP contribution is 2.36. The Hall–Kier alpha value is -0.120. The van der Waals surface area contributed by atoms with Crippen molar-refractivity contribution >= 4 is 10.6 Å². The Morgan fingerprint density at radius 1 is 1.43 bits per heavy atom. The van der Waals surface area contributed by atoms with Crippen molar-refractivity contribution in [1.82, 2.24) is 4.31 Å². The Balaban J connectivity index is 3.91. The number of hydrogen-bond donors (Lipinski definition) is 0. The van der Waals surface area contributed by atoms with E-state index < -0.39 is 10.6 Å². The second-order valence-corrected chi connectivity index (χ2v) is 2.79. The average Bonchev–Trinajstić information content (AvgIpc) is 1.31. The van der Waals surface area contributed by atoms with E-state index in [4.69, 9.17) is 4.61 Å². The van der Waals surface area contributed by atoms with Gasteiger partial charge in [0.05, 0.1) is 0 Å². The van der Waals surface area contributed by atoms with Gasteiger partial charge in [-0.15, -0.1) is 12.4 Å². The Morgan fingerprint density at radius 2 is 1.57 bits per heavy atom. The molecule has 0 aromatic rings. The molecule has 2 nitrogen and oxygen atoms in total. The predicted molar refractivity (Wildman–Crippen MR) is 25.2 cm³/mol. The number of halogens is 2. The number of rotatable bonds is 0. The first kappa shape index (κ1) is 6.88. The van der Waals surface area contributed by atoms with Gasteiger partial charge in [-0.05, 0) is 0 Å². The average molecular weight is 128 g/mol. The fraction of sp³-hybridized carbons (Fsp3) is 1.00. The van der Waals surface area contributed by atoms with Crippen LogP contribution in [0.1, 0.15) is 0 Å². The smallest absolute Gasteiger partial charge is 0.195 e. The summed E-state index contributed by atoms with van der Waals surface area (Å²) in [5.41, 5.74) is 0. The fourth-order valence-corrected chi connectivity index (χ4v) is 0. The molecule has 0 aromatic heterocycles. The van der Waals surface area contributed by atoms with E-state index in [2.05, 4.69) is 0 Å². The van der Waals surface area contributed by atoms with Crippen molar-refractivity contribution in [3.05, 3.63) is 0 Å². The van der Waals surface area contributed by atoms with Crippen LogP contribution in [0.2, 0.25) is 0 Å². The lowest BCUT2D eigenvalue weighted by Gasteiger charge is -2.05. The number of nitrogens with zero attached hydrogens (tertiary/aromatic N) is 2. The summed E-state index contributed by atoms with van der Waals surface area (Å²) in [6.07, 6.45) is 0. The summed E-state index contributed by atoms with van der Waals surface area (Å²) in [6, 6.07) is 0. The third-order valence-electron chi connectivity index (χ3n) is 0.439. The Bertz CT molecular complexity index is 135. The van der Waals surface area contributed by atoms with Gasteiger partial charge in [0.25, 0.3) is 0 Å². The summed E-state index contributed by atoms with van der Waals surface area (Å²) in [6.45, 7) is 0. The molecule has 0 aliphatic carbocycles. The second kappa shape index (κ2) is 1.78. The zero-order valence-corrected chi connectivity index (χ0v) is 4.88. The minimum atomic E-state index is -4.41. The van der Waals surface area contributed by atoms with Gasteiger partial charge in [-0.3, -0.25) is 0 Å². The van der Waals surface area contributed by atoms with E-state index in [1.165, 1.54) is 0 Å². The van der Waals surface area contributed by atoms with Crippen LogP contribution in [0.25, 0.3) is 0 Å². The summed E-state index contributed by atoms with van der Waals surface area (Å²) >= 11 is 0. The van der Waals surface area contributed by atoms with Crippen molar-refractivity contribution in [2.75, 3.05) is 14.1 Å². The van der Waals surface area contributed by atoms with E-state index in [0.29, 0.717) is 4.31 Å². The Morgan fingerprint density at radius 3 is 1.57 bits per heavy atom. The van der Waals surface area contributed by atoms with Crippen molar-refractivity contribution in [3.63, 3.8) is 0 Å². The van der Waals surface area contributed by atoms with Crippen LogP contribution in [0.3, 0.4) is 0 Å². The highest BCUT2D eigenvalue weighted by Gasteiger charge is 2.10. The van der Waals surface area contributed by atoms with E-state index in [9.17, 15) is 7.77 Å². The highest BCUT2D eigenvalue weighted by atomic mass is 32.3. The largest absolute Gasteiger partial charge is 0.302 e. The standard InChI is InChI=1S/C2H6F2N2S/c1-6(2)7(3,4)5/h1-2H3. The van der Waals surface area contributed by atoms with Gasteiger partial charge < -0.3 is 0 Å². The van der Waals surface area contributed by atoms with Gasteiger partial charge in [-0.25, -0.2) is 0 Å². The molecule has 0 aliphatic rings. The maximum atomic E-state index is 11.4. The van der Waals surface area contributed by atoms with Gasteiger partial charge in [0.2, 0.25) is 0 Å². The van der Waals surface area contributed by atoms with E-state index in [-0.39, 0.29) is 0 Å². The van der Waals surface area contributed by atoms with Crippen LogP contribution in [0.4, 0.5) is 7.77 Å². The summed E-state index contributed by atoms with van der Waals surface area (Å²) in [5, 5.41) is 0. The Kier molecular flexibility index (Phi) is 1.75. The predicted octanol–water partition coefficient (Wildman–Crippen LogP) is 1.52. The zero-order chi connectivity index (χ0) is 6.08. The lowest BCUT2D eigenvalue weighted by Crippen LogP contribution is -2.02. The SMILES string of the molecule is CN(C)S(#N)(F)F. The summed E-state index contributed by atoms with van der Waals surface area (Å²) < 4.78 is 31.1. The number of hydrogen-bond acceptors (Lipinski definition) is 2. The van der Waals surface area contributed by atoms with Crippen molar-refractivity contribution < 1.29 is 7.77 Å². The molecule has 44 valence electrons. The van der Waals surface area contributed by atoms with Gasteiger partial charge in [0, 0.05) is 14.1 Å². The molecule has 5 heteroatoms. The molecule has 0 bridgehead atoms. The lowest BCUT2D eigenvalue weighted by molar-refractivity contribution is 0.580. The van der Waals surface area contributed by atoms with Gasteiger partial charge in [-0.2, -0.15) is 4.31 Å². The fourth-order valence-electron chi connectivity index (χ4n) is 0. The lowest BCUT2D eigenvalue weighted by atomic mass is 11.3. The van der Waals surface area contributed by atoms with Gasteiger partial charge in [-0.1, -0.05) is 0 Å². The Labute approximate surface area is 42.4 Å². The normalized spacial score (nSPS) is 12.6. The van der Waals surface area contributed by atoms with Crippen LogP contribution in [0.5, 0.6) is 0 Å². The molecule has 0 saturated heterocycles. The van der Waals surface area contributed by atoms with Gasteiger partial charge in [0.15, 0.2) is 0 Å². The van der Waals surface area contributed by atoms with E-state index >= 15 is 0 Å².